The summed E-state index contributed by atoms with van der Waals surface area (Å²) in [6.07, 6.45) is 2.21. The van der Waals surface area contributed by atoms with Gasteiger partial charge in [0.15, 0.2) is 4.96 Å². The van der Waals surface area contributed by atoms with E-state index in [1.165, 1.54) is 11.3 Å². The van der Waals surface area contributed by atoms with Crippen LogP contribution in [0.4, 0.5) is 5.69 Å². The van der Waals surface area contributed by atoms with E-state index in [9.17, 15) is 4.79 Å². The standard InChI is InChI=1S/C21H19N3O3S/c1-26-16-8-9-17(19(11-16)27-2)22-20(25)10-15-13-28-21-23-18(12-24(15)21)14-6-4-3-5-7-14/h3-9,11-13H,10H2,1-2H3,(H,22,25). The van der Waals surface area contributed by atoms with E-state index in [4.69, 9.17) is 9.47 Å². The number of hydrogen-bond acceptors (Lipinski definition) is 5. The van der Waals surface area contributed by atoms with Crippen LogP contribution < -0.4 is 14.8 Å². The normalized spacial score (nSPS) is 10.8. The number of ether oxygens (including phenoxy) is 2. The zero-order chi connectivity index (χ0) is 19.5. The van der Waals surface area contributed by atoms with Crippen LogP contribution in [0.5, 0.6) is 11.5 Å². The summed E-state index contributed by atoms with van der Waals surface area (Å²) in [5.41, 5.74) is 3.44. The average molecular weight is 393 g/mol. The second-order valence-electron chi connectivity index (χ2n) is 6.16. The Morgan fingerprint density at radius 1 is 1.14 bits per heavy atom. The third kappa shape index (κ3) is 3.57. The highest BCUT2D eigenvalue weighted by molar-refractivity contribution is 7.15. The van der Waals surface area contributed by atoms with Gasteiger partial charge < -0.3 is 14.8 Å². The van der Waals surface area contributed by atoms with Gasteiger partial charge in [-0.05, 0) is 12.1 Å². The van der Waals surface area contributed by atoms with Crippen molar-refractivity contribution in [2.75, 3.05) is 19.5 Å². The molecule has 0 saturated heterocycles. The van der Waals surface area contributed by atoms with Crippen molar-refractivity contribution in [2.24, 2.45) is 0 Å². The number of thiazole rings is 1. The van der Waals surface area contributed by atoms with Gasteiger partial charge in [0, 0.05) is 28.9 Å². The molecule has 0 aliphatic heterocycles. The summed E-state index contributed by atoms with van der Waals surface area (Å²) in [6, 6.07) is 15.3. The molecular weight excluding hydrogens is 374 g/mol. The minimum absolute atomic E-state index is 0.127. The molecule has 0 atom stereocenters. The Hall–Kier alpha value is -3.32. The molecule has 4 aromatic rings. The van der Waals surface area contributed by atoms with Crippen LogP contribution in [0.15, 0.2) is 60.1 Å². The number of benzene rings is 2. The fourth-order valence-electron chi connectivity index (χ4n) is 2.97. The lowest BCUT2D eigenvalue weighted by Gasteiger charge is -2.11. The SMILES string of the molecule is COc1ccc(NC(=O)Cc2csc3nc(-c4ccccc4)cn23)c(OC)c1. The van der Waals surface area contributed by atoms with Gasteiger partial charge in [-0.1, -0.05) is 30.3 Å². The van der Waals surface area contributed by atoms with Crippen LogP contribution in [0, 0.1) is 0 Å². The lowest BCUT2D eigenvalue weighted by Crippen LogP contribution is -2.15. The van der Waals surface area contributed by atoms with Crippen LogP contribution in [0.1, 0.15) is 5.69 Å². The lowest BCUT2D eigenvalue weighted by atomic mass is 10.2. The van der Waals surface area contributed by atoms with Gasteiger partial charge in [0.25, 0.3) is 0 Å². The van der Waals surface area contributed by atoms with Crippen LogP contribution in [-0.2, 0) is 11.2 Å². The minimum Gasteiger partial charge on any atom is -0.497 e. The molecule has 6 nitrogen and oxygen atoms in total. The fraction of sp³-hybridized carbons (Fsp3) is 0.143. The van der Waals surface area contributed by atoms with Crippen molar-refractivity contribution >= 4 is 27.9 Å². The fourth-order valence-corrected chi connectivity index (χ4v) is 3.84. The smallest absolute Gasteiger partial charge is 0.230 e. The maximum Gasteiger partial charge on any atom is 0.230 e. The molecule has 0 spiro atoms. The Kier molecular flexibility index (Phi) is 4.99. The molecule has 0 aliphatic carbocycles. The van der Waals surface area contributed by atoms with Crippen molar-refractivity contribution in [1.82, 2.24) is 9.38 Å². The molecule has 0 radical (unpaired) electrons. The van der Waals surface area contributed by atoms with Gasteiger partial charge >= 0.3 is 0 Å². The second kappa shape index (κ2) is 7.74. The van der Waals surface area contributed by atoms with Crippen molar-refractivity contribution in [3.05, 3.63) is 65.8 Å². The number of carbonyl (C=O) groups excluding carboxylic acids is 1. The van der Waals surface area contributed by atoms with Gasteiger partial charge in [0.05, 0.1) is 32.0 Å². The Bertz CT molecular complexity index is 1120. The first-order valence-corrected chi connectivity index (χ1v) is 9.58. The molecule has 0 fully saturated rings. The number of imidazole rings is 1. The number of rotatable bonds is 6. The number of carbonyl (C=O) groups is 1. The van der Waals surface area contributed by atoms with Crippen LogP contribution >= 0.6 is 11.3 Å². The Balaban J connectivity index is 1.53. The molecule has 28 heavy (non-hydrogen) atoms. The summed E-state index contributed by atoms with van der Waals surface area (Å²) < 4.78 is 12.5. The molecule has 2 heterocycles. The maximum atomic E-state index is 12.6. The van der Waals surface area contributed by atoms with Crippen LogP contribution in [0.2, 0.25) is 0 Å². The molecule has 142 valence electrons. The van der Waals surface area contributed by atoms with Gasteiger partial charge in [-0.2, -0.15) is 0 Å². The first-order chi connectivity index (χ1) is 13.7. The minimum atomic E-state index is -0.127. The predicted octanol–water partition coefficient (Wildman–Crippen LogP) is 4.26. The van der Waals surface area contributed by atoms with Crippen molar-refractivity contribution in [3.8, 4) is 22.8 Å². The molecule has 1 amide bonds. The highest BCUT2D eigenvalue weighted by atomic mass is 32.1. The number of fused-ring (bicyclic) bond motifs is 1. The summed E-state index contributed by atoms with van der Waals surface area (Å²) in [5.74, 6) is 1.09. The van der Waals surface area contributed by atoms with Crippen LogP contribution in [0.3, 0.4) is 0 Å². The lowest BCUT2D eigenvalue weighted by molar-refractivity contribution is -0.115. The van der Waals surface area contributed by atoms with E-state index in [-0.39, 0.29) is 12.3 Å². The third-order valence-corrected chi connectivity index (χ3v) is 5.27. The molecule has 2 aromatic heterocycles. The highest BCUT2D eigenvalue weighted by Crippen LogP contribution is 2.29. The number of nitrogens with zero attached hydrogens (tertiary/aromatic N) is 2. The molecule has 0 saturated carbocycles. The van der Waals surface area contributed by atoms with E-state index in [1.54, 1.807) is 32.4 Å². The van der Waals surface area contributed by atoms with Gasteiger partial charge in [-0.25, -0.2) is 4.98 Å². The summed E-state index contributed by atoms with van der Waals surface area (Å²) in [7, 11) is 3.15. The summed E-state index contributed by atoms with van der Waals surface area (Å²) >= 11 is 1.52. The first-order valence-electron chi connectivity index (χ1n) is 8.70. The number of hydrogen-bond donors (Lipinski definition) is 1. The highest BCUT2D eigenvalue weighted by Gasteiger charge is 2.14. The molecule has 7 heteroatoms. The quantitative estimate of drug-likeness (QED) is 0.532. The van der Waals surface area contributed by atoms with Crippen molar-refractivity contribution in [3.63, 3.8) is 0 Å². The van der Waals surface area contributed by atoms with E-state index in [1.807, 2.05) is 46.3 Å². The van der Waals surface area contributed by atoms with Crippen LogP contribution in [-0.4, -0.2) is 29.5 Å². The Morgan fingerprint density at radius 2 is 1.96 bits per heavy atom. The van der Waals surface area contributed by atoms with E-state index in [0.29, 0.717) is 17.2 Å². The summed E-state index contributed by atoms with van der Waals surface area (Å²) in [6.45, 7) is 0. The first kappa shape index (κ1) is 18.1. The monoisotopic (exact) mass is 393 g/mol. The van der Waals surface area contributed by atoms with E-state index in [2.05, 4.69) is 10.3 Å². The van der Waals surface area contributed by atoms with Gasteiger partial charge in [-0.15, -0.1) is 11.3 Å². The number of nitrogens with one attached hydrogen (secondary N) is 1. The number of amides is 1. The van der Waals surface area contributed by atoms with E-state index < -0.39 is 0 Å². The Labute approximate surface area is 166 Å². The maximum absolute atomic E-state index is 12.6. The van der Waals surface area contributed by atoms with Gasteiger partial charge in [0.2, 0.25) is 5.91 Å². The molecule has 0 unspecified atom stereocenters. The topological polar surface area (TPSA) is 64.9 Å². The average Bonchev–Trinajstić information content (AvgIpc) is 3.31. The largest absolute Gasteiger partial charge is 0.497 e. The molecular formula is C21H19N3O3S. The molecule has 4 rings (SSSR count). The molecule has 0 aliphatic rings. The van der Waals surface area contributed by atoms with Crippen molar-refractivity contribution in [2.45, 2.75) is 6.42 Å². The molecule has 1 N–H and O–H groups in total. The van der Waals surface area contributed by atoms with Gasteiger partial charge in [-0.3, -0.25) is 9.20 Å². The zero-order valence-electron chi connectivity index (χ0n) is 15.5. The van der Waals surface area contributed by atoms with E-state index >= 15 is 0 Å². The zero-order valence-corrected chi connectivity index (χ0v) is 16.3. The molecule has 2 aromatic carbocycles. The number of anilines is 1. The number of methoxy groups -OCH3 is 2. The second-order valence-corrected chi connectivity index (χ2v) is 7.00. The summed E-state index contributed by atoms with van der Waals surface area (Å²) in [4.78, 5) is 18.1. The van der Waals surface area contributed by atoms with Gasteiger partial charge in [0.1, 0.15) is 11.5 Å². The van der Waals surface area contributed by atoms with E-state index in [0.717, 1.165) is 21.9 Å². The summed E-state index contributed by atoms with van der Waals surface area (Å²) in [5, 5.41) is 4.87. The van der Waals surface area contributed by atoms with Crippen molar-refractivity contribution in [1.29, 1.82) is 0 Å². The molecule has 0 bridgehead atoms. The Morgan fingerprint density at radius 3 is 2.71 bits per heavy atom. The number of aromatic nitrogens is 2. The predicted molar refractivity (Wildman–Crippen MR) is 110 cm³/mol. The van der Waals surface area contributed by atoms with Crippen LogP contribution in [0.25, 0.3) is 16.2 Å². The van der Waals surface area contributed by atoms with Crippen molar-refractivity contribution < 1.29 is 14.3 Å². The third-order valence-electron chi connectivity index (χ3n) is 4.38.